The van der Waals surface area contributed by atoms with Crippen molar-refractivity contribution in [3.8, 4) is 0 Å². The van der Waals surface area contributed by atoms with Crippen molar-refractivity contribution in [2.75, 3.05) is 7.05 Å². The Bertz CT molecular complexity index is 605. The van der Waals surface area contributed by atoms with Crippen LogP contribution in [0.1, 0.15) is 43.1 Å². The molecule has 1 heterocycles. The molecule has 0 aliphatic carbocycles. The molecule has 4 nitrogen and oxygen atoms in total. The third kappa shape index (κ3) is 4.97. The van der Waals surface area contributed by atoms with Crippen molar-refractivity contribution in [1.82, 2.24) is 15.5 Å². The number of halogens is 1. The summed E-state index contributed by atoms with van der Waals surface area (Å²) in [5.41, 5.74) is 3.66. The van der Waals surface area contributed by atoms with Crippen LogP contribution in [0.15, 0.2) is 28.8 Å². The number of allylic oxidation sites excluding steroid dienone is 1. The van der Waals surface area contributed by atoms with Crippen LogP contribution in [0.3, 0.4) is 0 Å². The van der Waals surface area contributed by atoms with Gasteiger partial charge >= 0.3 is 0 Å². The summed E-state index contributed by atoms with van der Waals surface area (Å²) >= 11 is 0. The molecule has 0 aliphatic heterocycles. The number of rotatable bonds is 6. The molecule has 5 heteroatoms. The first kappa shape index (κ1) is 18.4. The smallest absolute Gasteiger partial charge is 0.250 e. The Morgan fingerprint density at radius 2 is 2.00 bits per heavy atom. The highest BCUT2D eigenvalue weighted by Crippen LogP contribution is 2.21. The van der Waals surface area contributed by atoms with E-state index in [2.05, 4.69) is 60.5 Å². The standard InChI is InChI=1S/C17H23N3O.ClH/c1-5-14(15-8-6-12(2)7-9-15)11-17-19-16(20-21-17)10-13(3)18-4;/h6-9,11,13,18H,5,10H2,1-4H3;1H/b14-11-;. The second-order valence-corrected chi connectivity index (χ2v) is 5.33. The molecule has 0 bridgehead atoms. The summed E-state index contributed by atoms with van der Waals surface area (Å²) in [6.45, 7) is 6.31. The lowest BCUT2D eigenvalue weighted by Gasteiger charge is -2.05. The first-order valence-electron chi connectivity index (χ1n) is 7.39. The lowest BCUT2D eigenvalue weighted by molar-refractivity contribution is 0.400. The Kier molecular flexibility index (Phi) is 7.28. The summed E-state index contributed by atoms with van der Waals surface area (Å²) in [6.07, 6.45) is 3.67. The summed E-state index contributed by atoms with van der Waals surface area (Å²) in [5.74, 6) is 1.31. The Morgan fingerprint density at radius 1 is 1.32 bits per heavy atom. The van der Waals surface area contributed by atoms with Crippen LogP contribution in [0.5, 0.6) is 0 Å². The second-order valence-electron chi connectivity index (χ2n) is 5.33. The number of hydrogen-bond acceptors (Lipinski definition) is 4. The van der Waals surface area contributed by atoms with Gasteiger partial charge in [-0.15, -0.1) is 12.4 Å². The van der Waals surface area contributed by atoms with Gasteiger partial charge < -0.3 is 9.84 Å². The molecule has 1 N–H and O–H groups in total. The maximum Gasteiger partial charge on any atom is 0.250 e. The zero-order valence-corrected chi connectivity index (χ0v) is 14.4. The van der Waals surface area contributed by atoms with E-state index < -0.39 is 0 Å². The molecule has 22 heavy (non-hydrogen) atoms. The van der Waals surface area contributed by atoms with Crippen LogP contribution in [0.25, 0.3) is 11.6 Å². The van der Waals surface area contributed by atoms with E-state index in [1.807, 2.05) is 13.1 Å². The fourth-order valence-electron chi connectivity index (χ4n) is 2.09. The van der Waals surface area contributed by atoms with E-state index in [1.165, 1.54) is 16.7 Å². The van der Waals surface area contributed by atoms with E-state index in [0.717, 1.165) is 18.7 Å². The molecule has 0 amide bonds. The molecule has 120 valence electrons. The molecule has 0 fully saturated rings. The molecule has 0 saturated heterocycles. The Labute approximate surface area is 138 Å². The van der Waals surface area contributed by atoms with Crippen LogP contribution >= 0.6 is 12.4 Å². The van der Waals surface area contributed by atoms with Gasteiger partial charge in [-0.3, -0.25) is 0 Å². The fourth-order valence-corrected chi connectivity index (χ4v) is 2.09. The van der Waals surface area contributed by atoms with Gasteiger partial charge in [-0.05, 0) is 38.5 Å². The highest BCUT2D eigenvalue weighted by atomic mass is 35.5. The van der Waals surface area contributed by atoms with Crippen molar-refractivity contribution in [3.05, 3.63) is 47.1 Å². The van der Waals surface area contributed by atoms with Gasteiger partial charge in [0.05, 0.1) is 0 Å². The van der Waals surface area contributed by atoms with Crippen LogP contribution in [-0.4, -0.2) is 23.2 Å². The van der Waals surface area contributed by atoms with Crippen LogP contribution in [0, 0.1) is 6.92 Å². The normalized spacial score (nSPS) is 12.8. The Hall–Kier alpha value is -1.65. The predicted molar refractivity (Wildman–Crippen MR) is 93.1 cm³/mol. The molecule has 2 rings (SSSR count). The SMILES string of the molecule is CC/C(=C/c1nc(CC(C)NC)no1)c1ccc(C)cc1.Cl. The molecular formula is C17H24ClN3O. The van der Waals surface area contributed by atoms with Crippen LogP contribution in [0.2, 0.25) is 0 Å². The zero-order valence-electron chi connectivity index (χ0n) is 13.6. The molecule has 2 aromatic rings. The second kappa shape index (κ2) is 8.71. The summed E-state index contributed by atoms with van der Waals surface area (Å²) in [5, 5.41) is 7.20. The van der Waals surface area contributed by atoms with E-state index in [4.69, 9.17) is 4.52 Å². The number of nitrogens with one attached hydrogen (secondary N) is 1. The quantitative estimate of drug-likeness (QED) is 0.876. The molecule has 1 atom stereocenters. The molecule has 0 spiro atoms. The molecule has 0 aliphatic rings. The summed E-state index contributed by atoms with van der Waals surface area (Å²) in [4.78, 5) is 4.43. The van der Waals surface area contributed by atoms with E-state index in [-0.39, 0.29) is 12.4 Å². The van der Waals surface area contributed by atoms with E-state index in [9.17, 15) is 0 Å². The van der Waals surface area contributed by atoms with Crippen molar-refractivity contribution >= 4 is 24.1 Å². The first-order valence-corrected chi connectivity index (χ1v) is 7.39. The van der Waals surface area contributed by atoms with Gasteiger partial charge in [0, 0.05) is 18.5 Å². The van der Waals surface area contributed by atoms with Gasteiger partial charge in [-0.2, -0.15) is 4.98 Å². The fraction of sp³-hybridized carbons (Fsp3) is 0.412. The number of nitrogens with zero attached hydrogens (tertiary/aromatic N) is 2. The lowest BCUT2D eigenvalue weighted by Crippen LogP contribution is -2.24. The molecular weight excluding hydrogens is 298 g/mol. The maximum absolute atomic E-state index is 5.32. The number of aryl methyl sites for hydroxylation is 1. The molecule has 1 unspecified atom stereocenters. The van der Waals surface area contributed by atoms with Crippen molar-refractivity contribution < 1.29 is 4.52 Å². The molecule has 0 radical (unpaired) electrons. The third-order valence-corrected chi connectivity index (χ3v) is 3.57. The highest BCUT2D eigenvalue weighted by Gasteiger charge is 2.09. The van der Waals surface area contributed by atoms with Crippen molar-refractivity contribution in [2.45, 2.75) is 39.7 Å². The molecule has 1 aromatic carbocycles. The van der Waals surface area contributed by atoms with E-state index in [1.54, 1.807) is 0 Å². The minimum atomic E-state index is 0. The van der Waals surface area contributed by atoms with Gasteiger partial charge in [0.25, 0.3) is 5.89 Å². The maximum atomic E-state index is 5.32. The average molecular weight is 322 g/mol. The van der Waals surface area contributed by atoms with Crippen molar-refractivity contribution in [2.24, 2.45) is 0 Å². The average Bonchev–Trinajstić information content (AvgIpc) is 2.93. The Morgan fingerprint density at radius 3 is 2.59 bits per heavy atom. The van der Waals surface area contributed by atoms with E-state index in [0.29, 0.717) is 11.9 Å². The van der Waals surface area contributed by atoms with Crippen LogP contribution < -0.4 is 5.32 Å². The summed E-state index contributed by atoms with van der Waals surface area (Å²) < 4.78 is 5.32. The first-order chi connectivity index (χ1) is 10.1. The molecule has 1 aromatic heterocycles. The third-order valence-electron chi connectivity index (χ3n) is 3.57. The van der Waals surface area contributed by atoms with E-state index >= 15 is 0 Å². The van der Waals surface area contributed by atoms with Gasteiger partial charge in [0.15, 0.2) is 5.82 Å². The largest absolute Gasteiger partial charge is 0.335 e. The van der Waals surface area contributed by atoms with Gasteiger partial charge in [0.1, 0.15) is 0 Å². The predicted octanol–water partition coefficient (Wildman–Crippen LogP) is 3.90. The van der Waals surface area contributed by atoms with Crippen LogP contribution in [-0.2, 0) is 6.42 Å². The van der Waals surface area contributed by atoms with Crippen molar-refractivity contribution in [1.29, 1.82) is 0 Å². The minimum Gasteiger partial charge on any atom is -0.335 e. The number of likely N-dealkylation sites (N-methyl/N-ethyl adjacent to an activating group) is 1. The zero-order chi connectivity index (χ0) is 15.2. The monoisotopic (exact) mass is 321 g/mol. The molecule has 0 saturated carbocycles. The summed E-state index contributed by atoms with van der Waals surface area (Å²) in [6, 6.07) is 8.83. The number of aromatic nitrogens is 2. The topological polar surface area (TPSA) is 51.0 Å². The van der Waals surface area contributed by atoms with Gasteiger partial charge in [-0.1, -0.05) is 41.9 Å². The Balaban J connectivity index is 0.00000242. The summed E-state index contributed by atoms with van der Waals surface area (Å²) in [7, 11) is 1.93. The van der Waals surface area contributed by atoms with Crippen LogP contribution in [0.4, 0.5) is 0 Å². The number of benzene rings is 1. The lowest BCUT2D eigenvalue weighted by atomic mass is 10.0. The highest BCUT2D eigenvalue weighted by molar-refractivity contribution is 5.85. The van der Waals surface area contributed by atoms with Crippen molar-refractivity contribution in [3.63, 3.8) is 0 Å². The number of hydrogen-bond donors (Lipinski definition) is 1. The van der Waals surface area contributed by atoms with Gasteiger partial charge in [0.2, 0.25) is 0 Å². The van der Waals surface area contributed by atoms with Gasteiger partial charge in [-0.25, -0.2) is 0 Å². The minimum absolute atomic E-state index is 0.